The minimum atomic E-state index is 0.885. The number of anilines is 6. The smallest absolute Gasteiger partial charge is 0.143 e. The summed E-state index contributed by atoms with van der Waals surface area (Å²) >= 11 is 1.84. The highest BCUT2D eigenvalue weighted by molar-refractivity contribution is 7.25. The van der Waals surface area contributed by atoms with Gasteiger partial charge in [-0.25, -0.2) is 0 Å². The molecular weight excluding hydrogens is 1480 g/mol. The number of rotatable bonds is 15. The van der Waals surface area contributed by atoms with Gasteiger partial charge in [0.2, 0.25) is 0 Å². The maximum atomic E-state index is 6.66. The molecule has 23 aromatic rings. The van der Waals surface area contributed by atoms with Gasteiger partial charge < -0.3 is 23.2 Å². The first kappa shape index (κ1) is 71.0. The first-order chi connectivity index (χ1) is 59.5. The van der Waals surface area contributed by atoms with Crippen LogP contribution in [0.15, 0.2) is 464 Å². The number of hydrogen-bond donors (Lipinski definition) is 0. The third kappa shape index (κ3) is 13.2. The zero-order valence-electron chi connectivity index (χ0n) is 65.4. The van der Waals surface area contributed by atoms with Gasteiger partial charge >= 0.3 is 0 Å². The van der Waals surface area contributed by atoms with Gasteiger partial charge in [-0.3, -0.25) is 0 Å². The molecule has 23 rings (SSSR count). The van der Waals surface area contributed by atoms with Gasteiger partial charge in [0, 0.05) is 103 Å². The van der Waals surface area contributed by atoms with Gasteiger partial charge in [0.15, 0.2) is 0 Å². The van der Waals surface area contributed by atoms with E-state index < -0.39 is 0 Å². The summed E-state index contributed by atoms with van der Waals surface area (Å²) in [6.07, 6.45) is 0. The summed E-state index contributed by atoms with van der Waals surface area (Å²) in [5, 5.41) is 9.54. The van der Waals surface area contributed by atoms with Crippen LogP contribution in [0, 0.1) is 0 Å². The van der Waals surface area contributed by atoms with Crippen molar-refractivity contribution in [1.82, 2.24) is 4.57 Å². The number of furan rings is 2. The fourth-order valence-electron chi connectivity index (χ4n) is 17.5. The second-order valence-corrected chi connectivity index (χ2v) is 31.7. The van der Waals surface area contributed by atoms with Crippen molar-refractivity contribution >= 4 is 131 Å². The molecule has 4 aromatic heterocycles. The van der Waals surface area contributed by atoms with Gasteiger partial charge in [-0.05, 0) is 230 Å². The lowest BCUT2D eigenvalue weighted by molar-refractivity contribution is 0.669. The quantitative estimate of drug-likeness (QED) is 0.103. The van der Waals surface area contributed by atoms with Gasteiger partial charge in [-0.1, -0.05) is 303 Å². The highest BCUT2D eigenvalue weighted by atomic mass is 32.1. The highest BCUT2D eigenvalue weighted by Crippen LogP contribution is 2.47. The maximum Gasteiger partial charge on any atom is 0.143 e. The van der Waals surface area contributed by atoms with Crippen molar-refractivity contribution in [2.45, 2.75) is 0 Å². The Bertz CT molecular complexity index is 7470. The fourth-order valence-corrected chi connectivity index (χ4v) is 18.6. The van der Waals surface area contributed by atoms with Crippen LogP contribution in [0.2, 0.25) is 0 Å². The summed E-state index contributed by atoms with van der Waals surface area (Å²) in [4.78, 5) is 4.68. The number of aromatic nitrogens is 1. The number of para-hydroxylation sites is 4. The molecular formula is C114H75N3O2S. The predicted molar refractivity (Wildman–Crippen MR) is 508 cm³/mol. The van der Waals surface area contributed by atoms with Crippen LogP contribution in [0.3, 0.4) is 0 Å². The van der Waals surface area contributed by atoms with Crippen molar-refractivity contribution in [1.29, 1.82) is 0 Å². The SMILES string of the molecule is c1ccc(-c2ccc(N(c3ccc(-c4ccccc4)cc3)c3ccc(-c4cc(-c5ccc(-n6c7ccccc7c7ccccc76)cc5)c5oc6ccccc6c5c4)cc3)cc2)cc1.c1ccc(-c2ccc(N(c3ccc(-c4ccccc4)cc3)c3ccc(-c4cc(-c5ccc6sc7ccccc7c6c5)c5oc6ccccc6c5c4)cc3)cc2)cc1. The van der Waals surface area contributed by atoms with Gasteiger partial charge in [0.05, 0.1) is 11.0 Å². The van der Waals surface area contributed by atoms with Crippen molar-refractivity contribution < 1.29 is 8.83 Å². The van der Waals surface area contributed by atoms with Crippen molar-refractivity contribution in [2.75, 3.05) is 9.80 Å². The average molecular weight is 1550 g/mol. The van der Waals surface area contributed by atoms with Gasteiger partial charge in [-0.15, -0.1) is 11.3 Å². The first-order valence-electron chi connectivity index (χ1n) is 40.8. The molecule has 120 heavy (non-hydrogen) atoms. The molecule has 0 atom stereocenters. The molecule has 5 nitrogen and oxygen atoms in total. The van der Waals surface area contributed by atoms with E-state index in [2.05, 4.69) is 457 Å². The molecule has 4 heterocycles. The summed E-state index contributed by atoms with van der Waals surface area (Å²) < 4.78 is 18.2. The van der Waals surface area contributed by atoms with Crippen LogP contribution in [0.25, 0.3) is 181 Å². The first-order valence-corrected chi connectivity index (χ1v) is 41.6. The van der Waals surface area contributed by atoms with E-state index in [4.69, 9.17) is 8.83 Å². The molecule has 0 radical (unpaired) electrons. The van der Waals surface area contributed by atoms with Crippen LogP contribution >= 0.6 is 11.3 Å². The Morgan fingerprint density at radius 2 is 0.458 bits per heavy atom. The largest absolute Gasteiger partial charge is 0.455 e. The zero-order chi connectivity index (χ0) is 79.4. The van der Waals surface area contributed by atoms with E-state index in [0.717, 1.165) is 128 Å². The Labute approximate surface area is 699 Å². The van der Waals surface area contributed by atoms with E-state index in [1.165, 1.54) is 86.5 Å². The van der Waals surface area contributed by atoms with E-state index >= 15 is 0 Å². The van der Waals surface area contributed by atoms with Gasteiger partial charge in [0.25, 0.3) is 0 Å². The lowest BCUT2D eigenvalue weighted by atomic mass is 9.95. The normalized spacial score (nSPS) is 11.5. The summed E-state index contributed by atoms with van der Waals surface area (Å²) in [7, 11) is 0. The molecule has 0 fully saturated rings. The van der Waals surface area contributed by atoms with Gasteiger partial charge in [0.1, 0.15) is 22.3 Å². The van der Waals surface area contributed by atoms with Crippen LogP contribution in [0.4, 0.5) is 34.1 Å². The topological polar surface area (TPSA) is 37.7 Å². The van der Waals surface area contributed by atoms with E-state index in [1.54, 1.807) is 0 Å². The van der Waals surface area contributed by atoms with Gasteiger partial charge in [-0.2, -0.15) is 0 Å². The van der Waals surface area contributed by atoms with Crippen molar-refractivity contribution in [2.24, 2.45) is 0 Å². The summed E-state index contributed by atoms with van der Waals surface area (Å²) in [6, 6.07) is 163. The zero-order valence-corrected chi connectivity index (χ0v) is 66.2. The molecule has 0 bridgehead atoms. The number of fused-ring (bicyclic) bond motifs is 12. The number of hydrogen-bond acceptors (Lipinski definition) is 5. The Morgan fingerprint density at radius 3 is 0.842 bits per heavy atom. The lowest BCUT2D eigenvalue weighted by Gasteiger charge is -2.26. The highest BCUT2D eigenvalue weighted by Gasteiger charge is 2.23. The van der Waals surface area contributed by atoms with Crippen molar-refractivity contribution in [3.8, 4) is 94.7 Å². The lowest BCUT2D eigenvalue weighted by Crippen LogP contribution is -2.09. The molecule has 0 spiro atoms. The molecule has 0 saturated carbocycles. The van der Waals surface area contributed by atoms with Crippen molar-refractivity contribution in [3.05, 3.63) is 455 Å². The average Bonchev–Trinajstić information content (AvgIpc) is 1.58. The predicted octanol–water partition coefficient (Wildman–Crippen LogP) is 32.9. The molecule has 0 aliphatic heterocycles. The van der Waals surface area contributed by atoms with Crippen LogP contribution in [0.1, 0.15) is 0 Å². The molecule has 19 aromatic carbocycles. The minimum absolute atomic E-state index is 0.885. The minimum Gasteiger partial charge on any atom is -0.455 e. The van der Waals surface area contributed by atoms with Crippen molar-refractivity contribution in [3.63, 3.8) is 0 Å². The summed E-state index contributed by atoms with van der Waals surface area (Å²) in [5.74, 6) is 0. The molecule has 0 unspecified atom stereocenters. The van der Waals surface area contributed by atoms with Crippen LogP contribution in [-0.2, 0) is 0 Å². The summed E-state index contributed by atoms with van der Waals surface area (Å²) in [5.41, 5.74) is 32.2. The molecule has 6 heteroatoms. The third-order valence-electron chi connectivity index (χ3n) is 23.5. The molecule has 564 valence electrons. The Hall–Kier alpha value is -15.6. The fraction of sp³-hybridized carbons (Fsp3) is 0. The van der Waals surface area contributed by atoms with Crippen LogP contribution < -0.4 is 9.80 Å². The number of nitrogens with zero attached hydrogens (tertiary/aromatic N) is 3. The Morgan fingerprint density at radius 1 is 0.183 bits per heavy atom. The standard InChI is InChI=1S/C60H40N2O.C54H35NOS/c1-3-13-41(14-4-1)43-23-31-48(32-24-43)61(49-33-25-44(26-34-49)42-15-5-2-6-16-42)50-35-27-45(28-36-50)47-39-55(60-56(40-47)54-19-9-12-22-59(54)63-60)46-29-37-51(38-30-46)62-57-20-10-7-17-52(57)53-18-8-11-21-58(53)62;1-3-11-36(12-4-1)38-19-26-43(27-20-38)55(44-28-21-39(22-29-44)37-13-5-2-6-14-37)45-30-23-40(24-31-45)42-34-48(54-50(35-42)46-15-7-9-17-51(46)56-54)41-25-32-53-49(33-41)47-16-8-10-18-52(47)57-53/h1-40H;1-35H. The number of thiophene rings is 1. The Balaban J connectivity index is 0.000000145. The van der Waals surface area contributed by atoms with Crippen LogP contribution in [-0.4, -0.2) is 4.57 Å². The maximum absolute atomic E-state index is 6.66. The monoisotopic (exact) mass is 1550 g/mol. The second kappa shape index (κ2) is 30.5. The molecule has 0 amide bonds. The Kier molecular flexibility index (Phi) is 18.1. The molecule has 0 aliphatic rings. The molecule has 0 saturated heterocycles. The summed E-state index contributed by atoms with van der Waals surface area (Å²) in [6.45, 7) is 0. The van der Waals surface area contributed by atoms with E-state index in [-0.39, 0.29) is 0 Å². The van der Waals surface area contributed by atoms with E-state index in [9.17, 15) is 0 Å². The third-order valence-corrected chi connectivity index (χ3v) is 24.7. The molecule has 0 aliphatic carbocycles. The second-order valence-electron chi connectivity index (χ2n) is 30.6. The molecule has 0 N–H and O–H groups in total. The van der Waals surface area contributed by atoms with E-state index in [0.29, 0.717) is 0 Å². The van der Waals surface area contributed by atoms with Crippen LogP contribution in [0.5, 0.6) is 0 Å². The number of benzene rings is 19. The van der Waals surface area contributed by atoms with E-state index in [1.807, 2.05) is 23.5 Å².